The predicted molar refractivity (Wildman–Crippen MR) is 70.0 cm³/mol. The fourth-order valence-electron chi connectivity index (χ4n) is 1.35. The van der Waals surface area contributed by atoms with E-state index in [1.54, 1.807) is 0 Å². The van der Waals surface area contributed by atoms with Gasteiger partial charge in [-0.3, -0.25) is 0 Å². The molecule has 0 aliphatic carbocycles. The van der Waals surface area contributed by atoms with Crippen molar-refractivity contribution in [1.82, 2.24) is 0 Å². The van der Waals surface area contributed by atoms with Crippen LogP contribution in [0.25, 0.3) is 0 Å². The number of benzene rings is 2. The Labute approximate surface area is 130 Å². The molecule has 0 bridgehead atoms. The summed E-state index contributed by atoms with van der Waals surface area (Å²) in [7, 11) is 0. The van der Waals surface area contributed by atoms with E-state index in [0.717, 1.165) is 6.42 Å². The van der Waals surface area contributed by atoms with Gasteiger partial charge in [0.1, 0.15) is 0 Å². The Morgan fingerprint density at radius 3 is 1.76 bits per heavy atom. The van der Waals surface area contributed by atoms with Crippen molar-refractivity contribution in [3.8, 4) is 0 Å². The van der Waals surface area contributed by atoms with E-state index in [1.165, 1.54) is 11.5 Å². The topological polar surface area (TPSA) is 0 Å². The van der Waals surface area contributed by atoms with Crippen LogP contribution in [0.3, 0.4) is 0 Å². The Bertz CT molecular complexity index is 327. The van der Waals surface area contributed by atoms with Crippen molar-refractivity contribution in [2.24, 2.45) is 0 Å². The molecular formula is C16H18Y-2. The Morgan fingerprint density at radius 1 is 0.882 bits per heavy atom. The zero-order valence-corrected chi connectivity index (χ0v) is 13.4. The molecule has 0 unspecified atom stereocenters. The van der Waals surface area contributed by atoms with Crippen LogP contribution < -0.4 is 0 Å². The quantitative estimate of drug-likeness (QED) is 0.724. The molecule has 0 aliphatic heterocycles. The Kier molecular flexibility index (Phi) is 10.4. The molecule has 17 heavy (non-hydrogen) atoms. The van der Waals surface area contributed by atoms with Crippen LogP contribution in [0.1, 0.15) is 19.4 Å². The van der Waals surface area contributed by atoms with Crippen molar-refractivity contribution in [3.05, 3.63) is 78.2 Å². The van der Waals surface area contributed by atoms with E-state index < -0.39 is 0 Å². The summed E-state index contributed by atoms with van der Waals surface area (Å²) in [6, 6.07) is 23.0. The van der Waals surface area contributed by atoms with Crippen LogP contribution in [-0.4, -0.2) is 0 Å². The minimum Gasteiger partial charge on any atom is -0.315 e. The van der Waals surface area contributed by atoms with E-state index in [1.807, 2.05) is 30.3 Å². The molecule has 2 aromatic rings. The van der Waals surface area contributed by atoms with E-state index in [-0.39, 0.29) is 32.7 Å². The van der Waals surface area contributed by atoms with Crippen LogP contribution in [0.2, 0.25) is 0 Å². The van der Waals surface area contributed by atoms with Crippen molar-refractivity contribution in [2.45, 2.75) is 20.3 Å². The van der Waals surface area contributed by atoms with E-state index in [2.05, 4.69) is 50.2 Å². The molecule has 0 N–H and O–H groups in total. The molecule has 2 aromatic carbocycles. The first-order valence-corrected chi connectivity index (χ1v) is 5.53. The first-order chi connectivity index (χ1) is 7.79. The molecule has 1 heteroatoms. The third-order valence-corrected chi connectivity index (χ3v) is 2.01. The van der Waals surface area contributed by atoms with E-state index in [9.17, 15) is 0 Å². The molecule has 0 fully saturated rings. The van der Waals surface area contributed by atoms with Crippen molar-refractivity contribution in [2.75, 3.05) is 0 Å². The van der Waals surface area contributed by atoms with Gasteiger partial charge in [-0.05, 0) is 0 Å². The maximum atomic E-state index is 2.89. The average molecular weight is 299 g/mol. The summed E-state index contributed by atoms with van der Waals surface area (Å²) in [5.74, 6) is 1.46. The monoisotopic (exact) mass is 299 g/mol. The first kappa shape index (κ1) is 16.5. The number of hydrogen-bond acceptors (Lipinski definition) is 0. The van der Waals surface area contributed by atoms with Gasteiger partial charge in [-0.15, -0.1) is 0 Å². The Morgan fingerprint density at radius 2 is 1.41 bits per heavy atom. The fraction of sp³-hybridized carbons (Fsp3) is 0.188. The Hall–Kier alpha value is -0.456. The summed E-state index contributed by atoms with van der Waals surface area (Å²) in [5.41, 5.74) is 1.41. The molecule has 0 aromatic heterocycles. The molecule has 87 valence electrons. The van der Waals surface area contributed by atoms with Crippen molar-refractivity contribution in [1.29, 1.82) is 0 Å². The summed E-state index contributed by atoms with van der Waals surface area (Å²) in [5, 5.41) is 0. The molecule has 0 saturated carbocycles. The van der Waals surface area contributed by atoms with Gasteiger partial charge in [0.05, 0.1) is 0 Å². The summed E-state index contributed by atoms with van der Waals surface area (Å²) in [6.07, 6.45) is 1.11. The van der Waals surface area contributed by atoms with Crippen molar-refractivity contribution < 1.29 is 32.7 Å². The molecule has 0 atom stereocenters. The zero-order chi connectivity index (χ0) is 11.6. The van der Waals surface area contributed by atoms with Gasteiger partial charge in [-0.25, -0.2) is 0 Å². The molecule has 1 radical (unpaired) electrons. The predicted octanol–water partition coefficient (Wildman–Crippen LogP) is 4.33. The van der Waals surface area contributed by atoms with Crippen LogP contribution in [0.5, 0.6) is 0 Å². The molecule has 2 rings (SSSR count). The van der Waals surface area contributed by atoms with Gasteiger partial charge in [-0.2, -0.15) is 56.7 Å². The minimum absolute atomic E-state index is 0. The van der Waals surface area contributed by atoms with E-state index >= 15 is 0 Å². The summed E-state index contributed by atoms with van der Waals surface area (Å²) in [6.45, 7) is 4.32. The molecule has 0 nitrogen and oxygen atoms in total. The molecule has 0 amide bonds. The smallest absolute Gasteiger partial charge is 0 e. The van der Waals surface area contributed by atoms with Gasteiger partial charge in [0.25, 0.3) is 0 Å². The van der Waals surface area contributed by atoms with Gasteiger partial charge in [0.15, 0.2) is 0 Å². The third-order valence-electron chi connectivity index (χ3n) is 2.01. The maximum Gasteiger partial charge on any atom is 0 e. The van der Waals surface area contributed by atoms with Gasteiger partial charge in [0, 0.05) is 32.7 Å². The fourth-order valence-corrected chi connectivity index (χ4v) is 1.35. The normalized spacial score (nSPS) is 8.88. The second-order valence-electron chi connectivity index (χ2n) is 3.95. The van der Waals surface area contributed by atoms with Crippen LogP contribution >= 0.6 is 0 Å². The second kappa shape index (κ2) is 10.7. The van der Waals surface area contributed by atoms with Crippen molar-refractivity contribution in [3.63, 3.8) is 0 Å². The average Bonchev–Trinajstić information content (AvgIpc) is 2.32. The van der Waals surface area contributed by atoms with E-state index in [4.69, 9.17) is 0 Å². The second-order valence-corrected chi connectivity index (χ2v) is 3.95. The van der Waals surface area contributed by atoms with Gasteiger partial charge >= 0.3 is 0 Å². The standard InChI is InChI=1S/C10H13.C6H5.Y/c1-9(2)8-10-6-4-3-5-7-10;1-2-4-6-5-3-1;/h3-7H,8H2,1-2H3;1-5H;/q2*-1;. The van der Waals surface area contributed by atoms with Crippen LogP contribution in [0.15, 0.2) is 60.7 Å². The molecule has 0 aliphatic rings. The van der Waals surface area contributed by atoms with Gasteiger partial charge < -0.3 is 5.92 Å². The largest absolute Gasteiger partial charge is 0.315 e. The van der Waals surface area contributed by atoms with Crippen LogP contribution in [0, 0.1) is 12.0 Å². The molecule has 0 saturated heterocycles. The number of rotatable bonds is 2. The summed E-state index contributed by atoms with van der Waals surface area (Å²) >= 11 is 0. The maximum absolute atomic E-state index is 2.89. The van der Waals surface area contributed by atoms with Gasteiger partial charge in [-0.1, -0.05) is 35.9 Å². The van der Waals surface area contributed by atoms with Gasteiger partial charge in [0.2, 0.25) is 0 Å². The van der Waals surface area contributed by atoms with E-state index in [0.29, 0.717) is 0 Å². The Balaban J connectivity index is 0.000000316. The summed E-state index contributed by atoms with van der Waals surface area (Å²) in [4.78, 5) is 0. The summed E-state index contributed by atoms with van der Waals surface area (Å²) < 4.78 is 0. The minimum atomic E-state index is 0. The van der Waals surface area contributed by atoms with Crippen LogP contribution in [-0.2, 0) is 39.1 Å². The SMILES string of the molecule is C[C-](C)Cc1ccccc1.[Y].[c-]1ccccc1. The molecular weight excluding hydrogens is 281 g/mol. The molecule has 0 spiro atoms. The van der Waals surface area contributed by atoms with Crippen LogP contribution in [0.4, 0.5) is 0 Å². The first-order valence-electron chi connectivity index (χ1n) is 5.53. The van der Waals surface area contributed by atoms with Crippen molar-refractivity contribution >= 4 is 0 Å². The molecule has 0 heterocycles. The third kappa shape index (κ3) is 9.26. The number of hydrogen-bond donors (Lipinski definition) is 0. The zero-order valence-electron chi connectivity index (χ0n) is 10.6.